The van der Waals surface area contributed by atoms with E-state index in [9.17, 15) is 4.79 Å². The second-order valence-corrected chi connectivity index (χ2v) is 6.41. The Morgan fingerprint density at radius 3 is 2.58 bits per heavy atom. The van der Waals surface area contributed by atoms with Crippen LogP contribution in [0.1, 0.15) is 46.7 Å². The zero-order chi connectivity index (χ0) is 16.2. The summed E-state index contributed by atoms with van der Waals surface area (Å²) in [5.74, 6) is 0.666. The molecule has 1 unspecified atom stereocenters. The number of nitrogens with two attached hydrogens (primary N) is 1. The van der Waals surface area contributed by atoms with Crippen LogP contribution in [0.3, 0.4) is 0 Å². The van der Waals surface area contributed by atoms with Crippen LogP contribution in [0.4, 0.5) is 5.69 Å². The average Bonchev–Trinajstić information content (AvgIpc) is 2.83. The Bertz CT molecular complexity index is 687. The van der Waals surface area contributed by atoms with Crippen molar-refractivity contribution in [2.45, 2.75) is 32.1 Å². The minimum atomic E-state index is 0. The Labute approximate surface area is 150 Å². The molecule has 0 radical (unpaired) electrons. The number of anilines is 1. The van der Waals surface area contributed by atoms with E-state index in [0.717, 1.165) is 43.5 Å². The number of benzene rings is 2. The number of hydrogen-bond acceptors (Lipinski definition) is 2. The number of halogens is 1. The smallest absolute Gasteiger partial charge is 0.254 e. The van der Waals surface area contributed by atoms with E-state index >= 15 is 0 Å². The topological polar surface area (TPSA) is 46.3 Å². The van der Waals surface area contributed by atoms with Crippen molar-refractivity contribution in [2.24, 2.45) is 0 Å². The van der Waals surface area contributed by atoms with Crippen LogP contribution in [-0.2, 0) is 0 Å². The van der Waals surface area contributed by atoms with Gasteiger partial charge in [-0.1, -0.05) is 36.4 Å². The SMILES string of the molecule is Cc1ccc(N)cc1C(=O)N1CCCC(c2ccccc2)CC1.Cl. The first-order valence-electron chi connectivity index (χ1n) is 8.35. The number of nitrogen functional groups attached to an aromatic ring is 1. The summed E-state index contributed by atoms with van der Waals surface area (Å²) in [5, 5.41) is 0. The number of rotatable bonds is 2. The van der Waals surface area contributed by atoms with E-state index in [0.29, 0.717) is 11.6 Å². The van der Waals surface area contributed by atoms with Crippen molar-refractivity contribution in [3.8, 4) is 0 Å². The molecule has 1 heterocycles. The number of amides is 1. The van der Waals surface area contributed by atoms with Crippen molar-refractivity contribution < 1.29 is 4.79 Å². The number of hydrogen-bond donors (Lipinski definition) is 1. The third-order valence-electron chi connectivity index (χ3n) is 4.78. The molecule has 128 valence electrons. The highest BCUT2D eigenvalue weighted by atomic mass is 35.5. The molecule has 1 atom stereocenters. The summed E-state index contributed by atoms with van der Waals surface area (Å²) in [5.41, 5.74) is 9.63. The first kappa shape index (κ1) is 18.3. The Morgan fingerprint density at radius 2 is 1.83 bits per heavy atom. The van der Waals surface area contributed by atoms with Gasteiger partial charge in [-0.25, -0.2) is 0 Å². The zero-order valence-corrected chi connectivity index (χ0v) is 14.9. The quantitative estimate of drug-likeness (QED) is 0.820. The molecule has 1 amide bonds. The maximum Gasteiger partial charge on any atom is 0.254 e. The Balaban J connectivity index is 0.00000208. The third kappa shape index (κ3) is 4.09. The van der Waals surface area contributed by atoms with Gasteiger partial charge in [0.15, 0.2) is 0 Å². The van der Waals surface area contributed by atoms with E-state index < -0.39 is 0 Å². The minimum Gasteiger partial charge on any atom is -0.399 e. The van der Waals surface area contributed by atoms with Crippen LogP contribution in [-0.4, -0.2) is 23.9 Å². The monoisotopic (exact) mass is 344 g/mol. The average molecular weight is 345 g/mol. The zero-order valence-electron chi connectivity index (χ0n) is 14.1. The summed E-state index contributed by atoms with van der Waals surface area (Å²) in [7, 11) is 0. The highest BCUT2D eigenvalue weighted by molar-refractivity contribution is 5.96. The lowest BCUT2D eigenvalue weighted by atomic mass is 9.92. The van der Waals surface area contributed by atoms with Crippen molar-refractivity contribution in [1.29, 1.82) is 0 Å². The summed E-state index contributed by atoms with van der Waals surface area (Å²) in [6.45, 7) is 3.61. The van der Waals surface area contributed by atoms with Crippen molar-refractivity contribution in [2.75, 3.05) is 18.8 Å². The van der Waals surface area contributed by atoms with Crippen LogP contribution in [0.15, 0.2) is 48.5 Å². The van der Waals surface area contributed by atoms with Gasteiger partial charge in [-0.3, -0.25) is 4.79 Å². The molecule has 0 bridgehead atoms. The van der Waals surface area contributed by atoms with Crippen LogP contribution in [0, 0.1) is 6.92 Å². The molecule has 2 N–H and O–H groups in total. The summed E-state index contributed by atoms with van der Waals surface area (Å²) >= 11 is 0. The first-order valence-corrected chi connectivity index (χ1v) is 8.35. The molecule has 2 aromatic carbocycles. The number of carbonyl (C=O) groups is 1. The third-order valence-corrected chi connectivity index (χ3v) is 4.78. The van der Waals surface area contributed by atoms with Crippen molar-refractivity contribution in [1.82, 2.24) is 4.90 Å². The van der Waals surface area contributed by atoms with Crippen LogP contribution in [0.2, 0.25) is 0 Å². The van der Waals surface area contributed by atoms with E-state index in [1.807, 2.05) is 24.0 Å². The van der Waals surface area contributed by atoms with E-state index in [2.05, 4.69) is 30.3 Å². The van der Waals surface area contributed by atoms with Gasteiger partial charge >= 0.3 is 0 Å². The van der Waals surface area contributed by atoms with Gasteiger partial charge in [0.1, 0.15) is 0 Å². The highest BCUT2D eigenvalue weighted by Crippen LogP contribution is 2.28. The number of nitrogens with zero attached hydrogens (tertiary/aromatic N) is 1. The van der Waals surface area contributed by atoms with E-state index in [4.69, 9.17) is 5.73 Å². The van der Waals surface area contributed by atoms with Crippen LogP contribution in [0.5, 0.6) is 0 Å². The van der Waals surface area contributed by atoms with Gasteiger partial charge in [0.05, 0.1) is 0 Å². The number of likely N-dealkylation sites (tertiary alicyclic amines) is 1. The molecule has 0 spiro atoms. The standard InChI is InChI=1S/C20H24N2O.ClH/c1-15-9-10-18(21)14-19(15)20(23)22-12-5-8-17(11-13-22)16-6-3-2-4-7-16;/h2-4,6-7,9-10,14,17H,5,8,11-13,21H2,1H3;1H. The first-order chi connectivity index (χ1) is 11.1. The minimum absolute atomic E-state index is 0. The second-order valence-electron chi connectivity index (χ2n) is 6.41. The van der Waals surface area contributed by atoms with Gasteiger partial charge in [-0.05, 0) is 55.4 Å². The predicted molar refractivity (Wildman–Crippen MR) is 102 cm³/mol. The molecular formula is C20H25ClN2O. The largest absolute Gasteiger partial charge is 0.399 e. The summed E-state index contributed by atoms with van der Waals surface area (Å²) < 4.78 is 0. The number of carbonyl (C=O) groups excluding carboxylic acids is 1. The maximum atomic E-state index is 12.8. The lowest BCUT2D eigenvalue weighted by Gasteiger charge is -2.22. The molecule has 1 fully saturated rings. The van der Waals surface area contributed by atoms with Crippen LogP contribution < -0.4 is 5.73 Å². The fraction of sp³-hybridized carbons (Fsp3) is 0.350. The molecule has 1 saturated heterocycles. The van der Waals surface area contributed by atoms with Crippen LogP contribution >= 0.6 is 12.4 Å². The Hall–Kier alpha value is -2.00. The summed E-state index contributed by atoms with van der Waals surface area (Å²) in [6.07, 6.45) is 3.22. The summed E-state index contributed by atoms with van der Waals surface area (Å²) in [4.78, 5) is 14.8. The van der Waals surface area contributed by atoms with E-state index in [1.165, 1.54) is 5.56 Å². The molecular weight excluding hydrogens is 320 g/mol. The molecule has 0 aromatic heterocycles. The second kappa shape index (κ2) is 8.20. The summed E-state index contributed by atoms with van der Waals surface area (Å²) in [6, 6.07) is 16.2. The number of aryl methyl sites for hydroxylation is 1. The Kier molecular flexibility index (Phi) is 6.27. The van der Waals surface area contributed by atoms with Gasteiger partial charge in [-0.15, -0.1) is 12.4 Å². The van der Waals surface area contributed by atoms with E-state index in [-0.39, 0.29) is 18.3 Å². The Morgan fingerprint density at radius 1 is 1.08 bits per heavy atom. The molecule has 3 rings (SSSR count). The molecule has 1 aliphatic rings. The lowest BCUT2D eigenvalue weighted by molar-refractivity contribution is 0.0760. The van der Waals surface area contributed by atoms with Gasteiger partial charge in [0, 0.05) is 24.3 Å². The fourth-order valence-corrected chi connectivity index (χ4v) is 3.40. The normalized spacial score (nSPS) is 17.7. The highest BCUT2D eigenvalue weighted by Gasteiger charge is 2.23. The van der Waals surface area contributed by atoms with Crippen molar-refractivity contribution >= 4 is 24.0 Å². The fourth-order valence-electron chi connectivity index (χ4n) is 3.40. The van der Waals surface area contributed by atoms with Gasteiger partial charge < -0.3 is 10.6 Å². The molecule has 24 heavy (non-hydrogen) atoms. The van der Waals surface area contributed by atoms with Gasteiger partial charge in [0.2, 0.25) is 0 Å². The van der Waals surface area contributed by atoms with Gasteiger partial charge in [0.25, 0.3) is 5.91 Å². The van der Waals surface area contributed by atoms with Crippen molar-refractivity contribution in [3.63, 3.8) is 0 Å². The van der Waals surface area contributed by atoms with Crippen LogP contribution in [0.25, 0.3) is 0 Å². The predicted octanol–water partition coefficient (Wildman–Crippen LogP) is 4.41. The molecule has 4 heteroatoms. The molecule has 0 aliphatic carbocycles. The molecule has 1 aliphatic heterocycles. The maximum absolute atomic E-state index is 12.8. The lowest BCUT2D eigenvalue weighted by Crippen LogP contribution is -2.32. The van der Waals surface area contributed by atoms with Crippen molar-refractivity contribution in [3.05, 3.63) is 65.2 Å². The molecule has 2 aromatic rings. The van der Waals surface area contributed by atoms with Gasteiger partial charge in [-0.2, -0.15) is 0 Å². The molecule has 0 saturated carbocycles. The van der Waals surface area contributed by atoms with E-state index in [1.54, 1.807) is 6.07 Å². The molecule has 3 nitrogen and oxygen atoms in total.